The minimum atomic E-state index is -0.228. The number of hydrogen-bond acceptors (Lipinski definition) is 4. The smallest absolute Gasteiger partial charge is 0.250 e. The third-order valence-corrected chi connectivity index (χ3v) is 2.49. The number of ether oxygens (including phenoxy) is 2. The van der Waals surface area contributed by atoms with E-state index in [1.165, 1.54) is 0 Å². The van der Waals surface area contributed by atoms with Gasteiger partial charge in [-0.15, -0.1) is 0 Å². The second-order valence-corrected chi connectivity index (χ2v) is 4.09. The molecule has 0 bridgehead atoms. The first-order valence-electron chi connectivity index (χ1n) is 5.55. The number of halogens is 1. The van der Waals surface area contributed by atoms with Crippen LogP contribution in [0.2, 0.25) is 5.02 Å². The van der Waals surface area contributed by atoms with E-state index in [4.69, 9.17) is 26.8 Å². The van der Waals surface area contributed by atoms with Crippen molar-refractivity contribution in [3.63, 3.8) is 0 Å². The molecule has 0 spiro atoms. The Hall–Kier alpha value is -1.30. The molecule has 0 atom stereocenters. The molecule has 5 nitrogen and oxygen atoms in total. The largest absolute Gasteiger partial charge is 0.397 e. The van der Waals surface area contributed by atoms with Crippen molar-refractivity contribution in [2.24, 2.45) is 0 Å². The fourth-order valence-corrected chi connectivity index (χ4v) is 1.41. The van der Waals surface area contributed by atoms with E-state index in [1.54, 1.807) is 25.3 Å². The van der Waals surface area contributed by atoms with Gasteiger partial charge >= 0.3 is 0 Å². The molecule has 0 radical (unpaired) electrons. The van der Waals surface area contributed by atoms with Crippen LogP contribution in [0.1, 0.15) is 6.42 Å². The average Bonchev–Trinajstić information content (AvgIpc) is 2.34. The molecule has 0 aliphatic heterocycles. The number of benzene rings is 1. The van der Waals surface area contributed by atoms with Crippen molar-refractivity contribution < 1.29 is 14.3 Å². The fourth-order valence-electron chi connectivity index (χ4n) is 1.29. The number of nitrogen functional groups attached to an aromatic ring is 1. The molecule has 100 valence electrons. The third-order valence-electron chi connectivity index (χ3n) is 2.15. The highest BCUT2D eigenvalue weighted by molar-refractivity contribution is 6.33. The molecule has 0 aliphatic carbocycles. The Morgan fingerprint density at radius 1 is 1.44 bits per heavy atom. The molecule has 0 saturated carbocycles. The maximum Gasteiger partial charge on any atom is 0.250 e. The van der Waals surface area contributed by atoms with Gasteiger partial charge in [0.1, 0.15) is 6.61 Å². The Morgan fingerprint density at radius 3 is 2.89 bits per heavy atom. The van der Waals surface area contributed by atoms with Gasteiger partial charge in [-0.25, -0.2) is 0 Å². The van der Waals surface area contributed by atoms with E-state index in [0.29, 0.717) is 29.6 Å². The number of rotatable bonds is 7. The second-order valence-electron chi connectivity index (χ2n) is 3.68. The van der Waals surface area contributed by atoms with Crippen LogP contribution in [0, 0.1) is 0 Å². The van der Waals surface area contributed by atoms with Crippen molar-refractivity contribution >= 4 is 28.9 Å². The predicted molar refractivity (Wildman–Crippen MR) is 71.8 cm³/mol. The number of nitrogens with one attached hydrogen (secondary N) is 1. The number of carbonyl (C=O) groups is 1. The van der Waals surface area contributed by atoms with E-state index in [1.807, 2.05) is 0 Å². The molecular weight excluding hydrogens is 256 g/mol. The molecule has 1 amide bonds. The molecule has 18 heavy (non-hydrogen) atoms. The lowest BCUT2D eigenvalue weighted by Crippen LogP contribution is -2.19. The van der Waals surface area contributed by atoms with E-state index >= 15 is 0 Å². The summed E-state index contributed by atoms with van der Waals surface area (Å²) in [5.41, 5.74) is 6.65. The van der Waals surface area contributed by atoms with Crippen LogP contribution < -0.4 is 11.1 Å². The Labute approximate surface area is 111 Å². The van der Waals surface area contributed by atoms with Gasteiger partial charge in [-0.2, -0.15) is 0 Å². The summed E-state index contributed by atoms with van der Waals surface area (Å²) in [6.45, 7) is 1.12. The summed E-state index contributed by atoms with van der Waals surface area (Å²) in [5, 5.41) is 3.13. The van der Waals surface area contributed by atoms with Crippen LogP contribution in [0.3, 0.4) is 0 Å². The van der Waals surface area contributed by atoms with Gasteiger partial charge < -0.3 is 20.5 Å². The van der Waals surface area contributed by atoms with E-state index in [-0.39, 0.29) is 12.5 Å². The van der Waals surface area contributed by atoms with Gasteiger partial charge in [-0.05, 0) is 24.6 Å². The summed E-state index contributed by atoms with van der Waals surface area (Å²) in [7, 11) is 1.62. The van der Waals surface area contributed by atoms with Crippen LogP contribution in [0.15, 0.2) is 18.2 Å². The van der Waals surface area contributed by atoms with Crippen LogP contribution in [0.4, 0.5) is 11.4 Å². The highest BCUT2D eigenvalue weighted by atomic mass is 35.5. The Morgan fingerprint density at radius 2 is 2.22 bits per heavy atom. The number of anilines is 2. The van der Waals surface area contributed by atoms with Crippen LogP contribution in [-0.4, -0.2) is 32.8 Å². The molecule has 3 N–H and O–H groups in total. The zero-order valence-electron chi connectivity index (χ0n) is 10.2. The van der Waals surface area contributed by atoms with Crippen LogP contribution in [0.5, 0.6) is 0 Å². The SMILES string of the molecule is COCCCOCC(=O)Nc1ccc(Cl)c(N)c1. The number of carbonyl (C=O) groups excluding carboxylic acids is 1. The Kier molecular flexibility index (Phi) is 6.49. The third kappa shape index (κ3) is 5.35. The van der Waals surface area contributed by atoms with E-state index in [9.17, 15) is 4.79 Å². The lowest BCUT2D eigenvalue weighted by Gasteiger charge is -2.07. The van der Waals surface area contributed by atoms with Gasteiger partial charge in [0.25, 0.3) is 0 Å². The van der Waals surface area contributed by atoms with E-state index in [2.05, 4.69) is 5.32 Å². The lowest BCUT2D eigenvalue weighted by molar-refractivity contribution is -0.120. The minimum absolute atomic E-state index is 0.00620. The maximum atomic E-state index is 11.5. The molecular formula is C12H17ClN2O3. The van der Waals surface area contributed by atoms with Gasteiger partial charge in [-0.3, -0.25) is 4.79 Å². The van der Waals surface area contributed by atoms with Crippen LogP contribution >= 0.6 is 11.6 Å². The molecule has 1 rings (SSSR count). The summed E-state index contributed by atoms with van der Waals surface area (Å²) in [5.74, 6) is -0.228. The first kappa shape index (κ1) is 14.8. The molecule has 0 fully saturated rings. The molecule has 0 heterocycles. The number of methoxy groups -OCH3 is 1. The highest BCUT2D eigenvalue weighted by Crippen LogP contribution is 2.22. The van der Waals surface area contributed by atoms with Gasteiger partial charge in [-0.1, -0.05) is 11.6 Å². The predicted octanol–water partition coefficient (Wildman–Crippen LogP) is 1.91. The van der Waals surface area contributed by atoms with Gasteiger partial charge in [0, 0.05) is 26.0 Å². The lowest BCUT2D eigenvalue weighted by atomic mass is 10.3. The second kappa shape index (κ2) is 7.92. The molecule has 6 heteroatoms. The summed E-state index contributed by atoms with van der Waals surface area (Å²) >= 11 is 5.78. The topological polar surface area (TPSA) is 73.6 Å². The van der Waals surface area contributed by atoms with Gasteiger partial charge in [0.15, 0.2) is 0 Å². The van der Waals surface area contributed by atoms with Gasteiger partial charge in [0.2, 0.25) is 5.91 Å². The van der Waals surface area contributed by atoms with Crippen molar-refractivity contribution in [1.29, 1.82) is 0 Å². The minimum Gasteiger partial charge on any atom is -0.397 e. The number of nitrogens with two attached hydrogens (primary N) is 1. The molecule has 1 aromatic carbocycles. The molecule has 0 unspecified atom stereocenters. The molecule has 0 aliphatic rings. The van der Waals surface area contributed by atoms with E-state index in [0.717, 1.165) is 6.42 Å². The summed E-state index contributed by atoms with van der Waals surface area (Å²) in [4.78, 5) is 11.5. The normalized spacial score (nSPS) is 10.3. The van der Waals surface area contributed by atoms with Crippen molar-refractivity contribution in [2.45, 2.75) is 6.42 Å². The quantitative estimate of drug-likeness (QED) is 0.587. The number of amides is 1. The van der Waals surface area contributed by atoms with Gasteiger partial charge in [0.05, 0.1) is 10.7 Å². The Bertz CT molecular complexity index is 399. The standard InChI is InChI=1S/C12H17ClN2O3/c1-17-5-2-6-18-8-12(16)15-9-3-4-10(13)11(14)7-9/h3-4,7H,2,5-6,8,14H2,1H3,(H,15,16). The zero-order chi connectivity index (χ0) is 13.4. The van der Waals surface area contributed by atoms with Crippen molar-refractivity contribution in [1.82, 2.24) is 0 Å². The monoisotopic (exact) mass is 272 g/mol. The average molecular weight is 273 g/mol. The van der Waals surface area contributed by atoms with E-state index < -0.39 is 0 Å². The maximum absolute atomic E-state index is 11.5. The molecule has 1 aromatic rings. The highest BCUT2D eigenvalue weighted by Gasteiger charge is 2.04. The Balaban J connectivity index is 2.29. The first-order valence-corrected chi connectivity index (χ1v) is 5.93. The fraction of sp³-hybridized carbons (Fsp3) is 0.417. The zero-order valence-corrected chi connectivity index (χ0v) is 11.0. The van der Waals surface area contributed by atoms with Crippen LogP contribution in [-0.2, 0) is 14.3 Å². The summed E-state index contributed by atoms with van der Waals surface area (Å²) in [6, 6.07) is 4.92. The summed E-state index contributed by atoms with van der Waals surface area (Å²) in [6.07, 6.45) is 0.762. The summed E-state index contributed by atoms with van der Waals surface area (Å²) < 4.78 is 10.0. The van der Waals surface area contributed by atoms with Crippen molar-refractivity contribution in [2.75, 3.05) is 38.0 Å². The van der Waals surface area contributed by atoms with Crippen LogP contribution in [0.25, 0.3) is 0 Å². The first-order chi connectivity index (χ1) is 8.63. The molecule has 0 aromatic heterocycles. The molecule has 0 saturated heterocycles. The number of hydrogen-bond donors (Lipinski definition) is 2. The van der Waals surface area contributed by atoms with Crippen molar-refractivity contribution in [3.8, 4) is 0 Å². The van der Waals surface area contributed by atoms with Crippen molar-refractivity contribution in [3.05, 3.63) is 23.2 Å².